The van der Waals surface area contributed by atoms with Crippen LogP contribution in [-0.4, -0.2) is 30.8 Å². The van der Waals surface area contributed by atoms with Crippen LogP contribution in [0.4, 0.5) is 5.69 Å². The molecule has 1 aliphatic rings. The molecule has 6 rings (SSSR count). The SMILES string of the molecule is O=C(Nc1cccc(Cl)c1-n1cncn1)c1cc(C2CC2)nc2onc(-c3ccccc3)c12. The van der Waals surface area contributed by atoms with Gasteiger partial charge in [0.25, 0.3) is 11.6 Å². The second-order valence-corrected chi connectivity index (χ2v) is 8.28. The van der Waals surface area contributed by atoms with Crippen molar-refractivity contribution in [1.82, 2.24) is 24.9 Å². The fraction of sp³-hybridized carbons (Fsp3) is 0.125. The maximum Gasteiger partial charge on any atom is 0.259 e. The van der Waals surface area contributed by atoms with Gasteiger partial charge >= 0.3 is 0 Å². The zero-order valence-corrected chi connectivity index (χ0v) is 18.0. The van der Waals surface area contributed by atoms with Crippen LogP contribution in [0.5, 0.6) is 0 Å². The number of rotatable bonds is 5. The summed E-state index contributed by atoms with van der Waals surface area (Å²) < 4.78 is 7.10. The van der Waals surface area contributed by atoms with Gasteiger partial charge in [0.05, 0.1) is 21.7 Å². The molecule has 0 aliphatic heterocycles. The zero-order chi connectivity index (χ0) is 22.4. The van der Waals surface area contributed by atoms with Gasteiger partial charge in [0.1, 0.15) is 24.0 Å². The zero-order valence-electron chi connectivity index (χ0n) is 17.3. The molecule has 162 valence electrons. The summed E-state index contributed by atoms with van der Waals surface area (Å²) in [4.78, 5) is 22.3. The highest BCUT2D eigenvalue weighted by atomic mass is 35.5. The molecule has 0 saturated heterocycles. The molecule has 8 nitrogen and oxygen atoms in total. The van der Waals surface area contributed by atoms with E-state index in [1.54, 1.807) is 18.2 Å². The van der Waals surface area contributed by atoms with Crippen LogP contribution in [0.25, 0.3) is 28.0 Å². The molecule has 1 amide bonds. The maximum atomic E-state index is 13.6. The number of nitrogens with zero attached hydrogens (tertiary/aromatic N) is 5. The smallest absolute Gasteiger partial charge is 0.259 e. The number of amides is 1. The van der Waals surface area contributed by atoms with Gasteiger partial charge in [-0.2, -0.15) is 5.10 Å². The Morgan fingerprint density at radius 1 is 1.12 bits per heavy atom. The standard InChI is InChI=1S/C24H17ClN6O2/c25-17-7-4-8-18(22(17)31-13-26-12-27-31)28-23(32)16-11-19(14-9-10-14)29-24-20(16)21(30-33-24)15-5-2-1-3-6-15/h1-8,11-14H,9-10H2,(H,28,32). The maximum absolute atomic E-state index is 13.6. The van der Waals surface area contributed by atoms with Gasteiger partial charge in [-0.3, -0.25) is 4.79 Å². The number of hydrogen-bond acceptors (Lipinski definition) is 6. The molecular formula is C24H17ClN6O2. The lowest BCUT2D eigenvalue weighted by molar-refractivity contribution is 0.102. The fourth-order valence-corrected chi connectivity index (χ4v) is 4.15. The number of nitrogens with one attached hydrogen (secondary N) is 1. The van der Waals surface area contributed by atoms with Crippen LogP contribution in [0.2, 0.25) is 5.02 Å². The second-order valence-electron chi connectivity index (χ2n) is 7.88. The van der Waals surface area contributed by atoms with E-state index in [-0.39, 0.29) is 5.91 Å². The van der Waals surface area contributed by atoms with Gasteiger partial charge in [-0.1, -0.05) is 53.2 Å². The first-order chi connectivity index (χ1) is 16.2. The van der Waals surface area contributed by atoms with Gasteiger partial charge < -0.3 is 9.84 Å². The van der Waals surface area contributed by atoms with Crippen molar-refractivity contribution in [3.8, 4) is 16.9 Å². The van der Waals surface area contributed by atoms with E-state index >= 15 is 0 Å². The third-order valence-electron chi connectivity index (χ3n) is 5.64. The summed E-state index contributed by atoms with van der Waals surface area (Å²) in [6.45, 7) is 0. The number of carbonyl (C=O) groups is 1. The number of hydrogen-bond donors (Lipinski definition) is 1. The lowest BCUT2D eigenvalue weighted by Gasteiger charge is -2.13. The van der Waals surface area contributed by atoms with Gasteiger partial charge in [-0.25, -0.2) is 14.6 Å². The minimum atomic E-state index is -0.312. The predicted octanol–water partition coefficient (Wildman–Crippen LogP) is 5.25. The summed E-state index contributed by atoms with van der Waals surface area (Å²) in [6, 6.07) is 16.7. The van der Waals surface area contributed by atoms with Crippen LogP contribution in [0.3, 0.4) is 0 Å². The molecule has 2 aromatic carbocycles. The molecule has 0 radical (unpaired) electrons. The van der Waals surface area contributed by atoms with Crippen LogP contribution < -0.4 is 5.32 Å². The van der Waals surface area contributed by atoms with Crippen molar-refractivity contribution in [2.45, 2.75) is 18.8 Å². The highest BCUT2D eigenvalue weighted by Crippen LogP contribution is 2.41. The van der Waals surface area contributed by atoms with Crippen molar-refractivity contribution in [2.24, 2.45) is 0 Å². The first kappa shape index (κ1) is 19.6. The van der Waals surface area contributed by atoms with E-state index in [4.69, 9.17) is 16.1 Å². The molecule has 5 aromatic rings. The molecule has 1 saturated carbocycles. The summed E-state index contributed by atoms with van der Waals surface area (Å²) >= 11 is 6.43. The monoisotopic (exact) mass is 456 g/mol. The number of carbonyl (C=O) groups excluding carboxylic acids is 1. The third kappa shape index (κ3) is 3.54. The summed E-state index contributed by atoms with van der Waals surface area (Å²) in [7, 11) is 0. The third-order valence-corrected chi connectivity index (χ3v) is 5.94. The number of pyridine rings is 1. The molecule has 3 heterocycles. The molecule has 1 aliphatic carbocycles. The minimum absolute atomic E-state index is 0.312. The molecule has 0 unspecified atom stereocenters. The van der Waals surface area contributed by atoms with Crippen LogP contribution in [0.1, 0.15) is 34.8 Å². The van der Waals surface area contributed by atoms with Gasteiger partial charge in [-0.05, 0) is 31.0 Å². The quantitative estimate of drug-likeness (QED) is 0.387. The van der Waals surface area contributed by atoms with E-state index < -0.39 is 0 Å². The normalized spacial score (nSPS) is 13.4. The summed E-state index contributed by atoms with van der Waals surface area (Å²) in [5, 5.41) is 12.4. The lowest BCUT2D eigenvalue weighted by atomic mass is 10.0. The summed E-state index contributed by atoms with van der Waals surface area (Å²) in [6.07, 6.45) is 5.03. The molecule has 3 aromatic heterocycles. The Bertz CT molecular complexity index is 1480. The molecule has 0 bridgehead atoms. The fourth-order valence-electron chi connectivity index (χ4n) is 3.89. The van der Waals surface area contributed by atoms with E-state index in [0.717, 1.165) is 24.1 Å². The Balaban J connectivity index is 1.48. The average molecular weight is 457 g/mol. The Morgan fingerprint density at radius 3 is 2.73 bits per heavy atom. The van der Waals surface area contributed by atoms with Crippen LogP contribution in [0, 0.1) is 0 Å². The molecule has 1 N–H and O–H groups in total. The van der Waals surface area contributed by atoms with Crippen molar-refractivity contribution < 1.29 is 9.32 Å². The van der Waals surface area contributed by atoms with Crippen molar-refractivity contribution in [3.05, 3.63) is 83.5 Å². The number of aromatic nitrogens is 5. The van der Waals surface area contributed by atoms with Crippen molar-refractivity contribution in [3.63, 3.8) is 0 Å². The first-order valence-corrected chi connectivity index (χ1v) is 10.9. The van der Waals surface area contributed by atoms with Crippen molar-refractivity contribution >= 4 is 34.3 Å². The van der Waals surface area contributed by atoms with Gasteiger partial charge in [0.15, 0.2) is 0 Å². The number of halogens is 1. The van der Waals surface area contributed by atoms with Crippen LogP contribution in [0.15, 0.2) is 71.8 Å². The van der Waals surface area contributed by atoms with E-state index in [2.05, 4.69) is 25.5 Å². The lowest BCUT2D eigenvalue weighted by Crippen LogP contribution is -2.15. The van der Waals surface area contributed by atoms with Crippen LogP contribution >= 0.6 is 11.6 Å². The molecule has 0 spiro atoms. The predicted molar refractivity (Wildman–Crippen MR) is 124 cm³/mol. The average Bonchev–Trinajstić information content (AvgIpc) is 3.37. The largest absolute Gasteiger partial charge is 0.335 e. The Hall–Kier alpha value is -4.04. The van der Waals surface area contributed by atoms with E-state index in [1.165, 1.54) is 17.3 Å². The second kappa shape index (κ2) is 7.83. The molecule has 1 fully saturated rings. The number of fused-ring (bicyclic) bond motifs is 1. The summed E-state index contributed by atoms with van der Waals surface area (Å²) in [5.41, 5.74) is 4.11. The Kier molecular flexibility index (Phi) is 4.66. The number of para-hydroxylation sites is 1. The Morgan fingerprint density at radius 2 is 1.97 bits per heavy atom. The van der Waals surface area contributed by atoms with Gasteiger partial charge in [0, 0.05) is 17.2 Å². The van der Waals surface area contributed by atoms with Gasteiger partial charge in [-0.15, -0.1) is 0 Å². The van der Waals surface area contributed by atoms with E-state index in [0.29, 0.717) is 44.7 Å². The van der Waals surface area contributed by atoms with Crippen molar-refractivity contribution in [2.75, 3.05) is 5.32 Å². The number of anilines is 1. The van der Waals surface area contributed by atoms with Crippen molar-refractivity contribution in [1.29, 1.82) is 0 Å². The molecule has 0 atom stereocenters. The molecular weight excluding hydrogens is 440 g/mol. The van der Waals surface area contributed by atoms with Gasteiger partial charge in [0.2, 0.25) is 0 Å². The highest BCUT2D eigenvalue weighted by Gasteiger charge is 2.29. The first-order valence-electron chi connectivity index (χ1n) is 10.5. The summed E-state index contributed by atoms with van der Waals surface area (Å²) in [5.74, 6) is 0.0245. The van der Waals surface area contributed by atoms with Crippen LogP contribution in [-0.2, 0) is 0 Å². The topological polar surface area (TPSA) is 98.7 Å². The van der Waals surface area contributed by atoms with E-state index in [1.807, 2.05) is 36.4 Å². The minimum Gasteiger partial charge on any atom is -0.335 e. The Labute approximate surface area is 193 Å². The van der Waals surface area contributed by atoms with E-state index in [9.17, 15) is 4.79 Å². The molecule has 33 heavy (non-hydrogen) atoms. The molecule has 9 heteroatoms. The highest BCUT2D eigenvalue weighted by molar-refractivity contribution is 6.33. The number of benzene rings is 2.